The van der Waals surface area contributed by atoms with E-state index in [1.165, 1.54) is 6.08 Å². The second-order valence-electron chi connectivity index (χ2n) is 16.8. The summed E-state index contributed by atoms with van der Waals surface area (Å²) in [6, 6.07) is -3.37. The highest BCUT2D eigenvalue weighted by atomic mass is 16.2. The van der Waals surface area contributed by atoms with Crippen LogP contribution in [0.15, 0.2) is 12.7 Å². The summed E-state index contributed by atoms with van der Waals surface area (Å²) >= 11 is 0. The summed E-state index contributed by atoms with van der Waals surface area (Å²) in [6.07, 6.45) is 9.88. The maximum atomic E-state index is 14.6. The van der Waals surface area contributed by atoms with Gasteiger partial charge in [0.05, 0.1) is 6.04 Å². The number of urea groups is 1. The van der Waals surface area contributed by atoms with Crippen molar-refractivity contribution in [1.29, 1.82) is 0 Å². The van der Waals surface area contributed by atoms with Crippen LogP contribution >= 0.6 is 0 Å². The second kappa shape index (κ2) is 14.8. The van der Waals surface area contributed by atoms with Crippen LogP contribution in [0.2, 0.25) is 0 Å². The van der Waals surface area contributed by atoms with E-state index in [-0.39, 0.29) is 58.9 Å². The Hall–Kier alpha value is -3.44. The number of carbonyl (C=O) groups is 6. The SMILES string of the molecule is C=CCNC(=O)C(=O)C(NC(=O)[C@@H]1[C@@H]2[C@H](CN1C(=O)[C@@H](NC(=O)N[C@H](CN1CCCCC1=O)C(C)(C)C)C1CCCCC1)C2(C)C)C1CC1. The van der Waals surface area contributed by atoms with E-state index in [2.05, 4.69) is 41.7 Å². The van der Waals surface area contributed by atoms with E-state index in [4.69, 9.17) is 0 Å². The molecule has 0 spiro atoms. The molecular weight excluding hydrogens is 624 g/mol. The van der Waals surface area contributed by atoms with Crippen LogP contribution in [0.3, 0.4) is 0 Å². The molecule has 0 aromatic heterocycles. The summed E-state index contributed by atoms with van der Waals surface area (Å²) < 4.78 is 0. The Morgan fingerprint density at radius 3 is 2.20 bits per heavy atom. The molecule has 5 rings (SSSR count). The standard InChI is InChI=1S/C37H58N6O6/c1-7-18-38-33(47)31(45)28(23-16-17-23)40-32(46)30-27-24(37(27,5)6)20-43(30)34(48)29(22-13-9-8-10-14-22)41-35(49)39-25(36(2,3)4)21-42-19-12-11-15-26(42)44/h7,22-25,27-30H,1,8-21H2,2-6H3,(H,38,47)(H,40,46)(H2,39,41,49)/t24-,25+,27-,28?,29-,30-/m0/s1. The molecule has 2 saturated heterocycles. The molecule has 4 N–H and O–H groups in total. The third-order valence-electron chi connectivity index (χ3n) is 11.9. The van der Waals surface area contributed by atoms with Crippen molar-refractivity contribution in [1.82, 2.24) is 31.1 Å². The molecule has 6 atom stereocenters. The van der Waals surface area contributed by atoms with Crippen LogP contribution in [0.5, 0.6) is 0 Å². The number of likely N-dealkylation sites (tertiary alicyclic amines) is 2. The minimum absolute atomic E-state index is 0.0771. The molecule has 1 unspecified atom stereocenters. The van der Waals surface area contributed by atoms with Gasteiger partial charge in [0.2, 0.25) is 23.5 Å². The Bertz CT molecular complexity index is 1310. The number of nitrogens with zero attached hydrogens (tertiary/aromatic N) is 2. The van der Waals surface area contributed by atoms with Crippen molar-refractivity contribution in [2.24, 2.45) is 34.5 Å². The predicted octanol–water partition coefficient (Wildman–Crippen LogP) is 2.91. The molecule has 49 heavy (non-hydrogen) atoms. The molecule has 0 bridgehead atoms. The first kappa shape index (κ1) is 36.8. The lowest BCUT2D eigenvalue weighted by Gasteiger charge is -2.39. The number of fused-ring (bicyclic) bond motifs is 1. The highest BCUT2D eigenvalue weighted by molar-refractivity contribution is 6.38. The molecule has 12 heteroatoms. The van der Waals surface area contributed by atoms with Gasteiger partial charge in [0.15, 0.2) is 0 Å². The molecule has 2 aliphatic heterocycles. The van der Waals surface area contributed by atoms with E-state index < -0.39 is 41.8 Å². The molecule has 272 valence electrons. The Morgan fingerprint density at radius 2 is 1.59 bits per heavy atom. The number of hydrogen-bond acceptors (Lipinski definition) is 6. The quantitative estimate of drug-likeness (QED) is 0.173. The first-order valence-electron chi connectivity index (χ1n) is 18.5. The molecule has 5 aliphatic rings. The number of Topliss-reactive ketones (excluding diaryl/α,β-unsaturated/α-hetero) is 1. The van der Waals surface area contributed by atoms with Gasteiger partial charge in [-0.3, -0.25) is 24.0 Å². The summed E-state index contributed by atoms with van der Waals surface area (Å²) in [5.74, 6) is -2.20. The molecule has 12 nitrogen and oxygen atoms in total. The van der Waals surface area contributed by atoms with E-state index in [1.54, 1.807) is 4.90 Å². The highest BCUT2D eigenvalue weighted by Crippen LogP contribution is 2.65. The fourth-order valence-electron chi connectivity index (χ4n) is 8.45. The molecule has 3 aliphatic carbocycles. The summed E-state index contributed by atoms with van der Waals surface area (Å²) in [4.78, 5) is 84.3. The summed E-state index contributed by atoms with van der Waals surface area (Å²) in [7, 11) is 0. The largest absolute Gasteiger partial charge is 0.346 e. The molecule has 2 heterocycles. The number of carbonyl (C=O) groups excluding carboxylic acids is 6. The maximum Gasteiger partial charge on any atom is 0.315 e. The summed E-state index contributed by atoms with van der Waals surface area (Å²) in [5.41, 5.74) is -0.501. The molecule has 5 fully saturated rings. The second-order valence-corrected chi connectivity index (χ2v) is 16.8. The van der Waals surface area contributed by atoms with Gasteiger partial charge in [-0.15, -0.1) is 6.58 Å². The van der Waals surface area contributed by atoms with Crippen molar-refractivity contribution in [3.8, 4) is 0 Å². The number of nitrogens with one attached hydrogen (secondary N) is 4. The van der Waals surface area contributed by atoms with Gasteiger partial charge in [-0.05, 0) is 73.0 Å². The van der Waals surface area contributed by atoms with Crippen LogP contribution in [0.1, 0.15) is 98.8 Å². The smallest absolute Gasteiger partial charge is 0.315 e. The van der Waals surface area contributed by atoms with E-state index >= 15 is 0 Å². The predicted molar refractivity (Wildman–Crippen MR) is 185 cm³/mol. The first-order valence-corrected chi connectivity index (χ1v) is 18.5. The van der Waals surface area contributed by atoms with E-state index in [1.807, 2.05) is 25.7 Å². The average molecular weight is 683 g/mol. The van der Waals surface area contributed by atoms with Gasteiger partial charge in [0.1, 0.15) is 18.1 Å². The van der Waals surface area contributed by atoms with Gasteiger partial charge >= 0.3 is 6.03 Å². The molecule has 0 aromatic rings. The number of amides is 6. The fraction of sp³-hybridized carbons (Fsp3) is 0.784. The highest BCUT2D eigenvalue weighted by Gasteiger charge is 2.70. The minimum Gasteiger partial charge on any atom is -0.346 e. The first-order chi connectivity index (χ1) is 23.1. The van der Waals surface area contributed by atoms with Gasteiger partial charge < -0.3 is 31.1 Å². The Kier molecular flexibility index (Phi) is 11.1. The third kappa shape index (κ3) is 8.31. The molecule has 0 aromatic carbocycles. The maximum absolute atomic E-state index is 14.6. The van der Waals surface area contributed by atoms with Crippen molar-refractivity contribution in [3.63, 3.8) is 0 Å². The van der Waals surface area contributed by atoms with Crippen molar-refractivity contribution >= 4 is 35.4 Å². The van der Waals surface area contributed by atoms with Gasteiger partial charge in [-0.25, -0.2) is 4.79 Å². The zero-order chi connectivity index (χ0) is 35.7. The third-order valence-corrected chi connectivity index (χ3v) is 11.9. The van der Waals surface area contributed by atoms with Crippen LogP contribution < -0.4 is 21.3 Å². The van der Waals surface area contributed by atoms with Crippen molar-refractivity contribution in [2.45, 2.75) is 123 Å². The molecule has 3 saturated carbocycles. The van der Waals surface area contributed by atoms with Crippen LogP contribution in [0.4, 0.5) is 4.79 Å². The van der Waals surface area contributed by atoms with Crippen LogP contribution in [-0.2, 0) is 24.0 Å². The number of rotatable bonds is 13. The van der Waals surface area contributed by atoms with Gasteiger partial charge in [-0.1, -0.05) is 60.0 Å². The minimum atomic E-state index is -0.950. The lowest BCUT2D eigenvalue weighted by atomic mass is 9.83. The van der Waals surface area contributed by atoms with Crippen molar-refractivity contribution < 1.29 is 28.8 Å². The average Bonchev–Trinajstić information content (AvgIpc) is 3.94. The van der Waals surface area contributed by atoms with Crippen LogP contribution in [-0.4, -0.2) is 95.6 Å². The van der Waals surface area contributed by atoms with E-state index in [0.717, 1.165) is 57.8 Å². The van der Waals surface area contributed by atoms with Gasteiger partial charge in [0.25, 0.3) is 5.91 Å². The van der Waals surface area contributed by atoms with Crippen LogP contribution in [0.25, 0.3) is 0 Å². The fourth-order valence-corrected chi connectivity index (χ4v) is 8.45. The van der Waals surface area contributed by atoms with E-state index in [9.17, 15) is 28.8 Å². The number of piperidine rings is 2. The zero-order valence-corrected chi connectivity index (χ0v) is 30.1. The zero-order valence-electron chi connectivity index (χ0n) is 30.1. The van der Waals surface area contributed by atoms with Crippen molar-refractivity contribution in [2.75, 3.05) is 26.2 Å². The Labute approximate surface area is 291 Å². The van der Waals surface area contributed by atoms with Gasteiger partial charge in [-0.2, -0.15) is 0 Å². The van der Waals surface area contributed by atoms with Crippen LogP contribution in [0, 0.1) is 34.5 Å². The topological polar surface area (TPSA) is 157 Å². The lowest BCUT2D eigenvalue weighted by molar-refractivity contribution is -0.145. The Morgan fingerprint density at radius 1 is 0.918 bits per heavy atom. The molecular formula is C37H58N6O6. The molecule has 6 amide bonds. The lowest BCUT2D eigenvalue weighted by Crippen LogP contribution is -2.62. The summed E-state index contributed by atoms with van der Waals surface area (Å²) in [5, 5.41) is 11.6. The van der Waals surface area contributed by atoms with Gasteiger partial charge in [0, 0.05) is 32.6 Å². The monoisotopic (exact) mass is 682 g/mol. The molecule has 0 radical (unpaired) electrons. The van der Waals surface area contributed by atoms with Crippen molar-refractivity contribution in [3.05, 3.63) is 12.7 Å². The number of ketones is 1. The summed E-state index contributed by atoms with van der Waals surface area (Å²) in [6.45, 7) is 15.5. The Balaban J connectivity index is 1.33. The van der Waals surface area contributed by atoms with E-state index in [0.29, 0.717) is 26.1 Å². The number of hydrogen-bond donors (Lipinski definition) is 4. The normalized spacial score (nSPS) is 26.9.